The first-order chi connectivity index (χ1) is 11.1. The van der Waals surface area contributed by atoms with Gasteiger partial charge in [-0.05, 0) is 25.1 Å². The molecule has 3 aromatic rings. The SMILES string of the molecule is CCOc1cc(-c2nc3ccccc3[nH]2)cc([N+](=O)[O-])c1OC. The van der Waals surface area contributed by atoms with Gasteiger partial charge in [0.05, 0.1) is 29.7 Å². The minimum atomic E-state index is -0.493. The molecule has 0 bridgehead atoms. The number of nitro groups is 1. The van der Waals surface area contributed by atoms with E-state index < -0.39 is 4.92 Å². The predicted molar refractivity (Wildman–Crippen MR) is 85.9 cm³/mol. The smallest absolute Gasteiger partial charge is 0.315 e. The number of hydrogen-bond donors (Lipinski definition) is 1. The summed E-state index contributed by atoms with van der Waals surface area (Å²) in [5, 5.41) is 11.3. The third-order valence-corrected chi connectivity index (χ3v) is 3.40. The van der Waals surface area contributed by atoms with E-state index in [1.807, 2.05) is 24.3 Å². The zero-order valence-corrected chi connectivity index (χ0v) is 12.7. The number of rotatable bonds is 5. The highest BCUT2D eigenvalue weighted by Gasteiger charge is 2.23. The lowest BCUT2D eigenvalue weighted by molar-refractivity contribution is -0.385. The Bertz CT molecular complexity index is 840. The fourth-order valence-corrected chi connectivity index (χ4v) is 2.42. The molecule has 0 aliphatic carbocycles. The van der Waals surface area contributed by atoms with Gasteiger partial charge in [-0.15, -0.1) is 0 Å². The van der Waals surface area contributed by atoms with Crippen molar-refractivity contribution in [1.29, 1.82) is 0 Å². The summed E-state index contributed by atoms with van der Waals surface area (Å²) in [6.45, 7) is 2.18. The number of para-hydroxylation sites is 2. The zero-order chi connectivity index (χ0) is 16.4. The zero-order valence-electron chi connectivity index (χ0n) is 12.7. The third-order valence-electron chi connectivity index (χ3n) is 3.40. The van der Waals surface area contributed by atoms with E-state index >= 15 is 0 Å². The second kappa shape index (κ2) is 5.96. The third kappa shape index (κ3) is 2.68. The van der Waals surface area contributed by atoms with Crippen LogP contribution in [-0.4, -0.2) is 28.6 Å². The van der Waals surface area contributed by atoms with Crippen LogP contribution in [0.4, 0.5) is 5.69 Å². The quantitative estimate of drug-likeness (QED) is 0.574. The summed E-state index contributed by atoms with van der Waals surface area (Å²) in [7, 11) is 1.38. The molecule has 0 unspecified atom stereocenters. The number of aromatic nitrogens is 2. The summed E-state index contributed by atoms with van der Waals surface area (Å²) in [5.41, 5.74) is 2.06. The predicted octanol–water partition coefficient (Wildman–Crippen LogP) is 3.55. The monoisotopic (exact) mass is 313 g/mol. The molecule has 7 heteroatoms. The number of imidazole rings is 1. The van der Waals surface area contributed by atoms with E-state index in [2.05, 4.69) is 9.97 Å². The van der Waals surface area contributed by atoms with Gasteiger partial charge in [-0.3, -0.25) is 10.1 Å². The molecule has 0 spiro atoms. The van der Waals surface area contributed by atoms with Crippen LogP contribution in [0, 0.1) is 10.1 Å². The van der Waals surface area contributed by atoms with E-state index in [1.54, 1.807) is 13.0 Å². The first kappa shape index (κ1) is 14.8. The molecule has 118 valence electrons. The Balaban J connectivity index is 2.20. The van der Waals surface area contributed by atoms with E-state index in [0.29, 0.717) is 23.7 Å². The molecule has 1 heterocycles. The molecule has 0 fully saturated rings. The summed E-state index contributed by atoms with van der Waals surface area (Å²) >= 11 is 0. The number of H-pyrrole nitrogens is 1. The maximum atomic E-state index is 11.3. The molecular formula is C16H15N3O4. The van der Waals surface area contributed by atoms with Gasteiger partial charge in [-0.25, -0.2) is 4.98 Å². The van der Waals surface area contributed by atoms with Crippen LogP contribution >= 0.6 is 0 Å². The van der Waals surface area contributed by atoms with Gasteiger partial charge in [-0.1, -0.05) is 12.1 Å². The molecule has 1 aromatic heterocycles. The van der Waals surface area contributed by atoms with Crippen molar-refractivity contribution in [1.82, 2.24) is 9.97 Å². The van der Waals surface area contributed by atoms with E-state index in [1.165, 1.54) is 13.2 Å². The Labute approximate surface area is 132 Å². The van der Waals surface area contributed by atoms with Gasteiger partial charge < -0.3 is 14.5 Å². The normalized spacial score (nSPS) is 10.7. The Morgan fingerprint density at radius 1 is 1.30 bits per heavy atom. The highest BCUT2D eigenvalue weighted by molar-refractivity contribution is 5.80. The first-order valence-electron chi connectivity index (χ1n) is 7.08. The highest BCUT2D eigenvalue weighted by atomic mass is 16.6. The Morgan fingerprint density at radius 3 is 2.74 bits per heavy atom. The van der Waals surface area contributed by atoms with Gasteiger partial charge in [0.25, 0.3) is 0 Å². The second-order valence-corrected chi connectivity index (χ2v) is 4.82. The number of nitro benzene ring substituents is 1. The highest BCUT2D eigenvalue weighted by Crippen LogP contribution is 2.40. The summed E-state index contributed by atoms with van der Waals surface area (Å²) < 4.78 is 10.6. The molecule has 0 saturated carbocycles. The first-order valence-corrected chi connectivity index (χ1v) is 7.08. The number of aromatic amines is 1. The van der Waals surface area contributed by atoms with Crippen molar-refractivity contribution in [2.24, 2.45) is 0 Å². The van der Waals surface area contributed by atoms with Gasteiger partial charge in [0.1, 0.15) is 5.82 Å². The average molecular weight is 313 g/mol. The fourth-order valence-electron chi connectivity index (χ4n) is 2.42. The van der Waals surface area contributed by atoms with E-state index in [0.717, 1.165) is 11.0 Å². The fraction of sp³-hybridized carbons (Fsp3) is 0.188. The summed E-state index contributed by atoms with van der Waals surface area (Å²) in [4.78, 5) is 18.5. The van der Waals surface area contributed by atoms with Crippen LogP contribution in [0.5, 0.6) is 11.5 Å². The van der Waals surface area contributed by atoms with Gasteiger partial charge in [-0.2, -0.15) is 0 Å². The van der Waals surface area contributed by atoms with Gasteiger partial charge in [0.15, 0.2) is 5.75 Å². The number of nitrogens with one attached hydrogen (secondary N) is 1. The molecule has 23 heavy (non-hydrogen) atoms. The molecule has 3 rings (SSSR count). The van der Waals surface area contributed by atoms with Crippen molar-refractivity contribution in [2.45, 2.75) is 6.92 Å². The average Bonchev–Trinajstić information content (AvgIpc) is 2.98. The molecule has 0 radical (unpaired) electrons. The van der Waals surface area contributed by atoms with Crippen LogP contribution in [0.1, 0.15) is 6.92 Å². The molecule has 0 amide bonds. The van der Waals surface area contributed by atoms with Gasteiger partial charge in [0, 0.05) is 11.6 Å². The van der Waals surface area contributed by atoms with E-state index in [4.69, 9.17) is 9.47 Å². The standard InChI is InChI=1S/C16H15N3O4/c1-3-23-14-9-10(8-13(19(20)21)15(14)22-2)16-17-11-6-4-5-7-12(11)18-16/h4-9H,3H2,1-2H3,(H,17,18). The molecule has 7 nitrogen and oxygen atoms in total. The van der Waals surface area contributed by atoms with E-state index in [-0.39, 0.29) is 11.4 Å². The second-order valence-electron chi connectivity index (χ2n) is 4.82. The van der Waals surface area contributed by atoms with E-state index in [9.17, 15) is 10.1 Å². The number of hydrogen-bond acceptors (Lipinski definition) is 5. The Hall–Kier alpha value is -3.09. The molecule has 0 saturated heterocycles. The minimum absolute atomic E-state index is 0.108. The maximum Gasteiger partial charge on any atom is 0.315 e. The van der Waals surface area contributed by atoms with Crippen LogP contribution in [0.3, 0.4) is 0 Å². The lowest BCUT2D eigenvalue weighted by Gasteiger charge is -2.10. The topological polar surface area (TPSA) is 90.3 Å². The number of benzene rings is 2. The lowest BCUT2D eigenvalue weighted by atomic mass is 10.1. The van der Waals surface area contributed by atoms with Crippen molar-refractivity contribution < 1.29 is 14.4 Å². The summed E-state index contributed by atoms with van der Waals surface area (Å²) in [6, 6.07) is 10.7. The Morgan fingerprint density at radius 2 is 2.09 bits per heavy atom. The van der Waals surface area contributed by atoms with Crippen molar-refractivity contribution in [3.05, 3.63) is 46.5 Å². The van der Waals surface area contributed by atoms with Crippen molar-refractivity contribution in [3.8, 4) is 22.9 Å². The van der Waals surface area contributed by atoms with Crippen LogP contribution in [0.2, 0.25) is 0 Å². The molecular weight excluding hydrogens is 298 g/mol. The van der Waals surface area contributed by atoms with Crippen LogP contribution in [0.25, 0.3) is 22.4 Å². The molecule has 0 atom stereocenters. The van der Waals surface area contributed by atoms with Crippen LogP contribution < -0.4 is 9.47 Å². The van der Waals surface area contributed by atoms with Gasteiger partial charge >= 0.3 is 5.69 Å². The van der Waals surface area contributed by atoms with Crippen molar-refractivity contribution >= 4 is 16.7 Å². The largest absolute Gasteiger partial charge is 0.490 e. The molecule has 0 aliphatic rings. The number of fused-ring (bicyclic) bond motifs is 1. The molecule has 2 aromatic carbocycles. The Kier molecular flexibility index (Phi) is 3.84. The lowest BCUT2D eigenvalue weighted by Crippen LogP contribution is -2.00. The van der Waals surface area contributed by atoms with Gasteiger partial charge in [0.2, 0.25) is 5.75 Å². The minimum Gasteiger partial charge on any atom is -0.490 e. The van der Waals surface area contributed by atoms with Crippen LogP contribution in [-0.2, 0) is 0 Å². The molecule has 1 N–H and O–H groups in total. The van der Waals surface area contributed by atoms with Crippen molar-refractivity contribution in [3.63, 3.8) is 0 Å². The maximum absolute atomic E-state index is 11.3. The summed E-state index contributed by atoms with van der Waals surface area (Å²) in [6.07, 6.45) is 0. The number of ether oxygens (including phenoxy) is 2. The van der Waals surface area contributed by atoms with Crippen molar-refractivity contribution in [2.75, 3.05) is 13.7 Å². The number of nitrogens with zero attached hydrogens (tertiary/aromatic N) is 2. The summed E-state index contributed by atoms with van der Waals surface area (Å²) in [5.74, 6) is 0.967. The molecule has 0 aliphatic heterocycles. The number of methoxy groups -OCH3 is 1. The van der Waals surface area contributed by atoms with Crippen LogP contribution in [0.15, 0.2) is 36.4 Å².